The Morgan fingerprint density at radius 1 is 0.286 bits per heavy atom. The van der Waals surface area contributed by atoms with Crippen molar-refractivity contribution in [3.8, 4) is 0 Å². The largest absolute Gasteiger partial charge is 0.310 e. The smallest absolute Gasteiger partial charge is 0.0641 e. The van der Waals surface area contributed by atoms with Crippen molar-refractivity contribution in [3.05, 3.63) is 204 Å². The first kappa shape index (κ1) is 42.3. The van der Waals surface area contributed by atoms with Gasteiger partial charge in [-0.05, 0) is 143 Å². The van der Waals surface area contributed by atoms with Crippen LogP contribution in [0.5, 0.6) is 0 Å². The molecule has 0 saturated heterocycles. The molecule has 4 nitrogen and oxygen atoms in total. The molecule has 0 aliphatic heterocycles. The Hall–Kier alpha value is -7.82. The molecule has 0 amide bonds. The van der Waals surface area contributed by atoms with Gasteiger partial charge in [-0.25, -0.2) is 0 Å². The molecule has 0 saturated carbocycles. The van der Waals surface area contributed by atoms with Crippen LogP contribution in [-0.4, -0.2) is 8.80 Å². The molecule has 13 aromatic rings. The van der Waals surface area contributed by atoms with E-state index >= 15 is 0 Å². The molecule has 0 unspecified atom stereocenters. The predicted molar refractivity (Wildman–Crippen MR) is 301 cm³/mol. The van der Waals surface area contributed by atoms with Gasteiger partial charge in [-0.2, -0.15) is 0 Å². The van der Waals surface area contributed by atoms with E-state index in [9.17, 15) is 0 Å². The minimum Gasteiger partial charge on any atom is -0.310 e. The second kappa shape index (κ2) is 15.9. The summed E-state index contributed by atoms with van der Waals surface area (Å²) in [6.45, 7) is 18.3. The number of benzene rings is 9. The van der Waals surface area contributed by atoms with E-state index < -0.39 is 0 Å². The van der Waals surface area contributed by atoms with E-state index in [1.807, 2.05) is 0 Å². The van der Waals surface area contributed by atoms with Crippen LogP contribution in [0, 0.1) is 0 Å². The Morgan fingerprint density at radius 2 is 0.629 bits per heavy atom. The lowest BCUT2D eigenvalue weighted by Gasteiger charge is -2.27. The molecule has 13 rings (SSSR count). The zero-order valence-electron chi connectivity index (χ0n) is 41.4. The van der Waals surface area contributed by atoms with Gasteiger partial charge < -0.3 is 18.6 Å². The summed E-state index contributed by atoms with van der Waals surface area (Å²) in [5.74, 6) is 1.70. The standard InChI is InChI=1S/C66H58N4/c1-39(2)43-19-25-49(26-20-43)67(47-15-11-9-12-16-47)59-33-29-51-53-37-62-54(38-61(53)69-57-31-23-45(41(5)6)35-55(57)63(59)65(51)69)52-30-34-60(64-56-36-46(42(7)8)24-32-58(56)70(62)66(52)64)68(48-17-13-10-14-18-48)50-27-21-44(22-28-50)40(3)4/h9-42H,1-8H3. The lowest BCUT2D eigenvalue weighted by molar-refractivity contribution is 0.866. The van der Waals surface area contributed by atoms with Crippen molar-refractivity contribution < 1.29 is 0 Å². The van der Waals surface area contributed by atoms with E-state index in [1.54, 1.807) is 0 Å². The van der Waals surface area contributed by atoms with Crippen LogP contribution in [0.4, 0.5) is 34.1 Å². The van der Waals surface area contributed by atoms with Crippen LogP contribution in [0.1, 0.15) is 101 Å². The van der Waals surface area contributed by atoms with E-state index in [1.165, 1.54) is 110 Å². The lowest BCUT2D eigenvalue weighted by atomic mass is 9.98. The first-order valence-electron chi connectivity index (χ1n) is 25.4. The molecule has 0 fully saturated rings. The molecule has 342 valence electrons. The highest BCUT2D eigenvalue weighted by Crippen LogP contribution is 2.52. The van der Waals surface area contributed by atoms with E-state index in [0.29, 0.717) is 23.7 Å². The molecule has 0 bridgehead atoms. The third-order valence-corrected chi connectivity index (χ3v) is 15.5. The van der Waals surface area contributed by atoms with Gasteiger partial charge in [-0.1, -0.05) is 140 Å². The average Bonchev–Trinajstić information content (AvgIpc) is 4.10. The Labute approximate surface area is 410 Å². The molecule has 0 atom stereocenters. The maximum absolute atomic E-state index is 2.58. The zero-order valence-corrected chi connectivity index (χ0v) is 41.4. The number of nitrogens with zero attached hydrogens (tertiary/aromatic N) is 4. The number of rotatable bonds is 10. The Bertz CT molecular complexity index is 3830. The van der Waals surface area contributed by atoms with Gasteiger partial charge in [0.05, 0.1) is 44.5 Å². The lowest BCUT2D eigenvalue weighted by Crippen LogP contribution is -2.10. The fraction of sp³-hybridized carbons (Fsp3) is 0.182. The van der Waals surface area contributed by atoms with E-state index in [0.717, 1.165) is 22.7 Å². The normalized spacial score (nSPS) is 12.5. The first-order chi connectivity index (χ1) is 34.0. The van der Waals surface area contributed by atoms with Crippen molar-refractivity contribution in [1.29, 1.82) is 0 Å². The monoisotopic (exact) mass is 906 g/mol. The van der Waals surface area contributed by atoms with Gasteiger partial charge in [-0.3, -0.25) is 0 Å². The van der Waals surface area contributed by atoms with Crippen molar-refractivity contribution in [1.82, 2.24) is 8.80 Å². The quantitative estimate of drug-likeness (QED) is 0.136. The van der Waals surface area contributed by atoms with Crippen molar-refractivity contribution in [2.45, 2.75) is 79.1 Å². The number of aromatic nitrogens is 2. The highest BCUT2D eigenvalue weighted by atomic mass is 15.2. The molecular weight excluding hydrogens is 849 g/mol. The molecule has 0 N–H and O–H groups in total. The van der Waals surface area contributed by atoms with Crippen molar-refractivity contribution in [3.63, 3.8) is 0 Å². The summed E-state index contributed by atoms with van der Waals surface area (Å²) in [4.78, 5) is 4.94. The van der Waals surface area contributed by atoms with Gasteiger partial charge in [0.2, 0.25) is 0 Å². The van der Waals surface area contributed by atoms with E-state index in [-0.39, 0.29) is 0 Å². The molecule has 4 heteroatoms. The molecule has 0 radical (unpaired) electrons. The maximum atomic E-state index is 2.58. The average molecular weight is 907 g/mol. The highest BCUT2D eigenvalue weighted by Gasteiger charge is 2.28. The van der Waals surface area contributed by atoms with Crippen LogP contribution in [0.3, 0.4) is 0 Å². The number of para-hydroxylation sites is 2. The number of anilines is 6. The van der Waals surface area contributed by atoms with Gasteiger partial charge in [-0.15, -0.1) is 0 Å². The van der Waals surface area contributed by atoms with Gasteiger partial charge in [0.1, 0.15) is 0 Å². The van der Waals surface area contributed by atoms with Crippen LogP contribution < -0.4 is 9.80 Å². The summed E-state index contributed by atoms with van der Waals surface area (Å²) >= 11 is 0. The van der Waals surface area contributed by atoms with Crippen LogP contribution in [0.25, 0.3) is 76.2 Å². The van der Waals surface area contributed by atoms with Gasteiger partial charge in [0.25, 0.3) is 0 Å². The van der Waals surface area contributed by atoms with E-state index in [4.69, 9.17) is 0 Å². The molecule has 4 heterocycles. The Balaban J connectivity index is 1.12. The van der Waals surface area contributed by atoms with Gasteiger partial charge >= 0.3 is 0 Å². The third-order valence-electron chi connectivity index (χ3n) is 15.5. The van der Waals surface area contributed by atoms with Crippen molar-refractivity contribution in [2.75, 3.05) is 9.80 Å². The highest BCUT2D eigenvalue weighted by molar-refractivity contribution is 6.32. The van der Waals surface area contributed by atoms with Crippen LogP contribution in [-0.2, 0) is 0 Å². The summed E-state index contributed by atoms with van der Waals surface area (Å²) in [6.07, 6.45) is 0. The predicted octanol–water partition coefficient (Wildman–Crippen LogP) is 19.4. The summed E-state index contributed by atoms with van der Waals surface area (Å²) in [5.41, 5.74) is 19.8. The summed E-state index contributed by atoms with van der Waals surface area (Å²) in [7, 11) is 0. The maximum Gasteiger partial charge on any atom is 0.0641 e. The molecule has 0 spiro atoms. The second-order valence-electron chi connectivity index (χ2n) is 21.0. The zero-order chi connectivity index (χ0) is 47.7. The van der Waals surface area contributed by atoms with Crippen molar-refractivity contribution in [2.24, 2.45) is 0 Å². The van der Waals surface area contributed by atoms with Gasteiger partial charge in [0.15, 0.2) is 0 Å². The number of hydrogen-bond donors (Lipinski definition) is 0. The Morgan fingerprint density at radius 3 is 0.986 bits per heavy atom. The minimum absolute atomic E-state index is 0.394. The Kier molecular flexibility index (Phi) is 9.59. The molecule has 0 aliphatic carbocycles. The molecule has 9 aromatic carbocycles. The number of fused-ring (bicyclic) bond motifs is 12. The molecule has 0 aliphatic rings. The summed E-state index contributed by atoms with van der Waals surface area (Å²) < 4.78 is 5.16. The first-order valence-corrected chi connectivity index (χ1v) is 25.4. The molecular formula is C66H58N4. The third kappa shape index (κ3) is 6.21. The summed E-state index contributed by atoms with van der Waals surface area (Å²) in [6, 6.07) is 69.2. The topological polar surface area (TPSA) is 15.3 Å². The van der Waals surface area contributed by atoms with E-state index in [2.05, 4.69) is 256 Å². The SMILES string of the molecule is CC(C)c1ccc(N(c2ccccc2)c2ccc3c4cc5c(cc4n4c6ccc(C(C)C)cc6c2c34)c2ccc(N(c3ccccc3)c3ccc(C(C)C)cc3)c3c4cc(C(C)C)ccc4n5c23)cc1. The fourth-order valence-electron chi connectivity index (χ4n) is 11.7. The minimum atomic E-state index is 0.394. The fourth-order valence-corrected chi connectivity index (χ4v) is 11.7. The molecule has 4 aromatic heterocycles. The summed E-state index contributed by atoms with van der Waals surface area (Å²) in [5, 5.41) is 10.2. The van der Waals surface area contributed by atoms with Crippen LogP contribution in [0.2, 0.25) is 0 Å². The number of hydrogen-bond acceptors (Lipinski definition) is 2. The van der Waals surface area contributed by atoms with Crippen LogP contribution >= 0.6 is 0 Å². The second-order valence-corrected chi connectivity index (χ2v) is 21.0. The van der Waals surface area contributed by atoms with Gasteiger partial charge in [0, 0.05) is 65.8 Å². The molecule has 70 heavy (non-hydrogen) atoms. The van der Waals surface area contributed by atoms with Crippen molar-refractivity contribution >= 4 is 110 Å². The van der Waals surface area contributed by atoms with Crippen LogP contribution in [0.15, 0.2) is 182 Å².